The van der Waals surface area contributed by atoms with Crippen LogP contribution in [0.1, 0.15) is 77.9 Å². The first kappa shape index (κ1) is 29.1. The van der Waals surface area contributed by atoms with Crippen molar-refractivity contribution in [1.82, 2.24) is 4.98 Å². The average Bonchev–Trinajstić information content (AvgIpc) is 3.21. The standard InChI is InChI=1S/C27H39NO6S/c1-15-9-11-22(17(3)12-20-14-35-19(5)28-20)34-24(31)13-23(30)27(6,7)26(33)18(4)25(32)16(2)8-10-21(15)29/h9,12,14,16,18,22-23,25,30,32H,8,10-11,13H2,1-7H3/b15-9-,17-12+/t16-,18-,22-,23+,25-/m1/s1. The molecule has 5 atom stereocenters. The minimum atomic E-state index is -1.27. The van der Waals surface area contributed by atoms with Crippen molar-refractivity contribution in [3.8, 4) is 0 Å². The molecule has 0 saturated heterocycles. The Morgan fingerprint density at radius 2 is 1.86 bits per heavy atom. The predicted molar refractivity (Wildman–Crippen MR) is 137 cm³/mol. The summed E-state index contributed by atoms with van der Waals surface area (Å²) >= 11 is 1.52. The van der Waals surface area contributed by atoms with E-state index in [0.29, 0.717) is 18.4 Å². The highest BCUT2D eigenvalue weighted by Gasteiger charge is 2.42. The third kappa shape index (κ3) is 7.66. The number of ether oxygens (including phenoxy) is 1. The van der Waals surface area contributed by atoms with Crippen molar-refractivity contribution in [2.45, 2.75) is 92.5 Å². The van der Waals surface area contributed by atoms with Crippen LogP contribution in [0.4, 0.5) is 0 Å². The molecule has 0 aromatic carbocycles. The van der Waals surface area contributed by atoms with Gasteiger partial charge in [-0.25, -0.2) is 4.98 Å². The molecule has 0 unspecified atom stereocenters. The number of rotatable bonds is 2. The molecule has 0 aliphatic carbocycles. The number of carbonyl (C=O) groups is 3. The molecule has 1 aromatic heterocycles. The van der Waals surface area contributed by atoms with Crippen LogP contribution >= 0.6 is 11.3 Å². The van der Waals surface area contributed by atoms with Gasteiger partial charge in [0.2, 0.25) is 0 Å². The predicted octanol–water partition coefficient (Wildman–Crippen LogP) is 4.45. The van der Waals surface area contributed by atoms with Crippen LogP contribution < -0.4 is 0 Å². The fourth-order valence-corrected chi connectivity index (χ4v) is 4.81. The summed E-state index contributed by atoms with van der Waals surface area (Å²) < 4.78 is 5.73. The zero-order valence-electron chi connectivity index (χ0n) is 21.8. The first-order chi connectivity index (χ1) is 16.2. The maximum Gasteiger partial charge on any atom is 0.309 e. The number of cyclic esters (lactones) is 1. The molecule has 8 heteroatoms. The molecule has 0 amide bonds. The molecular weight excluding hydrogens is 466 g/mol. The highest BCUT2D eigenvalue weighted by molar-refractivity contribution is 7.09. The second-order valence-corrected chi connectivity index (χ2v) is 11.4. The van der Waals surface area contributed by atoms with Gasteiger partial charge in [0.05, 0.1) is 34.7 Å². The number of nitrogens with zero attached hydrogens (tertiary/aromatic N) is 1. The zero-order chi connectivity index (χ0) is 26.5. The van der Waals surface area contributed by atoms with Crippen LogP contribution in [0.3, 0.4) is 0 Å². The van der Waals surface area contributed by atoms with E-state index in [2.05, 4.69) is 4.98 Å². The minimum absolute atomic E-state index is 0.0484. The van der Waals surface area contributed by atoms with Crippen LogP contribution in [-0.2, 0) is 19.1 Å². The summed E-state index contributed by atoms with van der Waals surface area (Å²) in [5.74, 6) is -2.07. The van der Waals surface area contributed by atoms with Crippen LogP contribution in [0, 0.1) is 24.2 Å². The first-order valence-electron chi connectivity index (χ1n) is 12.1. The Balaban J connectivity index is 2.39. The Bertz CT molecular complexity index is 992. The van der Waals surface area contributed by atoms with Gasteiger partial charge in [-0.1, -0.05) is 33.8 Å². The summed E-state index contributed by atoms with van der Waals surface area (Å²) in [5, 5.41) is 24.4. The van der Waals surface area contributed by atoms with Crippen LogP contribution in [0.15, 0.2) is 22.6 Å². The second kappa shape index (κ2) is 12.2. The van der Waals surface area contributed by atoms with Crippen molar-refractivity contribution in [3.63, 3.8) is 0 Å². The molecule has 35 heavy (non-hydrogen) atoms. The van der Waals surface area contributed by atoms with Gasteiger partial charge in [-0.15, -0.1) is 11.3 Å². The number of allylic oxidation sites excluding steroid dienone is 1. The van der Waals surface area contributed by atoms with Crippen LogP contribution in [0.25, 0.3) is 6.08 Å². The number of aliphatic hydroxyl groups excluding tert-OH is 2. The van der Waals surface area contributed by atoms with Crippen molar-refractivity contribution in [2.75, 3.05) is 0 Å². The Kier molecular flexibility index (Phi) is 10.1. The van der Waals surface area contributed by atoms with E-state index >= 15 is 0 Å². The molecule has 2 rings (SSSR count). The van der Waals surface area contributed by atoms with E-state index in [1.165, 1.54) is 11.3 Å². The summed E-state index contributed by atoms with van der Waals surface area (Å²) in [6, 6.07) is 0. The van der Waals surface area contributed by atoms with Crippen LogP contribution in [0.2, 0.25) is 0 Å². The Labute approximate surface area is 212 Å². The summed E-state index contributed by atoms with van der Waals surface area (Å²) in [6.07, 6.45) is 1.34. The third-order valence-corrected chi connectivity index (χ3v) is 7.83. The highest BCUT2D eigenvalue weighted by atomic mass is 32.1. The molecule has 194 valence electrons. The smallest absolute Gasteiger partial charge is 0.309 e. The molecule has 7 nitrogen and oxygen atoms in total. The molecule has 2 N–H and O–H groups in total. The summed E-state index contributed by atoms with van der Waals surface area (Å²) in [6.45, 7) is 12.1. The normalized spacial score (nSPS) is 31.6. The Hall–Kier alpha value is -2.16. The van der Waals surface area contributed by atoms with Gasteiger partial charge in [0.1, 0.15) is 11.9 Å². The van der Waals surface area contributed by atoms with Crippen molar-refractivity contribution < 1.29 is 29.3 Å². The Morgan fingerprint density at radius 3 is 2.46 bits per heavy atom. The number of hydrogen-bond acceptors (Lipinski definition) is 8. The van der Waals surface area contributed by atoms with Gasteiger partial charge in [0.15, 0.2) is 5.78 Å². The molecule has 1 aliphatic rings. The second-order valence-electron chi connectivity index (χ2n) is 10.3. The molecule has 1 aromatic rings. The number of aryl methyl sites for hydroxylation is 1. The van der Waals surface area contributed by atoms with Crippen molar-refractivity contribution in [2.24, 2.45) is 17.3 Å². The van der Waals surface area contributed by atoms with E-state index in [9.17, 15) is 24.6 Å². The largest absolute Gasteiger partial charge is 0.457 e. The van der Waals surface area contributed by atoms with Crippen LogP contribution in [-0.4, -0.2) is 51.0 Å². The number of aliphatic hydroxyl groups is 2. The number of hydrogen-bond donors (Lipinski definition) is 2. The number of carbonyl (C=O) groups excluding carboxylic acids is 3. The molecule has 0 spiro atoms. The lowest BCUT2D eigenvalue weighted by atomic mass is 9.73. The fraction of sp³-hybridized carbons (Fsp3) is 0.630. The first-order valence-corrected chi connectivity index (χ1v) is 13.0. The molecule has 0 saturated carbocycles. The lowest BCUT2D eigenvalue weighted by Crippen LogP contribution is -2.45. The summed E-state index contributed by atoms with van der Waals surface area (Å²) in [5.41, 5.74) is 0.818. The number of aromatic nitrogens is 1. The average molecular weight is 506 g/mol. The van der Waals surface area contributed by atoms with Crippen molar-refractivity contribution in [3.05, 3.63) is 33.3 Å². The molecule has 0 radical (unpaired) electrons. The molecule has 2 heterocycles. The lowest BCUT2D eigenvalue weighted by Gasteiger charge is -2.34. The zero-order valence-corrected chi connectivity index (χ0v) is 22.6. The summed E-state index contributed by atoms with van der Waals surface area (Å²) in [7, 11) is 0. The maximum absolute atomic E-state index is 13.2. The SMILES string of the molecule is C/C1=C/C[C@H](/C(C)=C/c2csc(C)n2)OC(=O)C[C@H](O)C(C)(C)C(=O)[C@H](C)[C@H](O)[C@H](C)CCC1=O. The van der Waals surface area contributed by atoms with E-state index in [1.54, 1.807) is 33.8 Å². The topological polar surface area (TPSA) is 114 Å². The number of thiazole rings is 1. The molecule has 0 bridgehead atoms. The van der Waals surface area contributed by atoms with E-state index in [1.807, 2.05) is 32.2 Å². The Morgan fingerprint density at radius 1 is 1.20 bits per heavy atom. The van der Waals surface area contributed by atoms with Gasteiger partial charge in [-0.3, -0.25) is 14.4 Å². The van der Waals surface area contributed by atoms with Gasteiger partial charge in [0.25, 0.3) is 0 Å². The number of esters is 1. The minimum Gasteiger partial charge on any atom is -0.457 e. The molecule has 0 fully saturated rings. The van der Waals surface area contributed by atoms with E-state index in [4.69, 9.17) is 4.74 Å². The van der Waals surface area contributed by atoms with E-state index in [0.717, 1.165) is 16.3 Å². The summed E-state index contributed by atoms with van der Waals surface area (Å²) in [4.78, 5) is 43.1. The van der Waals surface area contributed by atoms with Gasteiger partial charge < -0.3 is 14.9 Å². The molecular formula is C27H39NO6S. The van der Waals surface area contributed by atoms with Gasteiger partial charge in [0, 0.05) is 24.1 Å². The fourth-order valence-electron chi connectivity index (χ4n) is 4.24. The monoisotopic (exact) mass is 505 g/mol. The van der Waals surface area contributed by atoms with E-state index in [-0.39, 0.29) is 30.3 Å². The lowest BCUT2D eigenvalue weighted by molar-refractivity contribution is -0.154. The quantitative estimate of drug-likeness (QED) is 0.571. The van der Waals surface area contributed by atoms with E-state index < -0.39 is 35.6 Å². The number of Topliss-reactive ketones (excluding diaryl/α,β-unsaturated/α-hetero) is 2. The highest BCUT2D eigenvalue weighted by Crippen LogP contribution is 2.32. The number of ketones is 2. The van der Waals surface area contributed by atoms with Crippen molar-refractivity contribution >= 4 is 34.9 Å². The van der Waals surface area contributed by atoms with Gasteiger partial charge in [-0.2, -0.15) is 0 Å². The van der Waals surface area contributed by atoms with Crippen molar-refractivity contribution in [1.29, 1.82) is 0 Å². The van der Waals surface area contributed by atoms with Crippen LogP contribution in [0.5, 0.6) is 0 Å². The molecule has 1 aliphatic heterocycles. The van der Waals surface area contributed by atoms with Gasteiger partial charge >= 0.3 is 5.97 Å². The van der Waals surface area contributed by atoms with Gasteiger partial charge in [-0.05, 0) is 50.3 Å². The third-order valence-electron chi connectivity index (χ3n) is 7.04. The maximum atomic E-state index is 13.2.